The summed E-state index contributed by atoms with van der Waals surface area (Å²) < 4.78 is 29.7. The molecule has 174 valence electrons. The van der Waals surface area contributed by atoms with Crippen LogP contribution in [-0.2, 0) is 11.3 Å². The molecule has 0 aliphatic heterocycles. The lowest BCUT2D eigenvalue weighted by Crippen LogP contribution is -2.21. The number of ether oxygens (including phenoxy) is 1. The normalized spacial score (nSPS) is 15.3. The minimum Gasteiger partial charge on any atom is -0.491 e. The Labute approximate surface area is 196 Å². The van der Waals surface area contributed by atoms with Gasteiger partial charge in [0.2, 0.25) is 5.91 Å². The second kappa shape index (κ2) is 8.68. The van der Waals surface area contributed by atoms with Crippen LogP contribution in [0.25, 0.3) is 10.9 Å². The Morgan fingerprint density at radius 1 is 1.24 bits per heavy atom. The standard InChI is InChI=1S/C23H29N7O3/c1-23(2,3)12-30-18-14(10-27-30)9-26-20(19(18)33-5)28-16-8-17(29-21(31)13-6-7-13)25-11-15(16)22(32)24-4/h8-11,13H,6-7,12H2,1-5H3,(H,24,32)(H2,25,26,28,29,31)/i4D3. The zero-order chi connectivity index (χ0) is 26.3. The van der Waals surface area contributed by atoms with E-state index in [4.69, 9.17) is 8.85 Å². The minimum absolute atomic E-state index is 0.0392. The van der Waals surface area contributed by atoms with E-state index in [0.29, 0.717) is 12.3 Å². The van der Waals surface area contributed by atoms with Gasteiger partial charge in [-0.15, -0.1) is 0 Å². The molecule has 4 rings (SSSR count). The van der Waals surface area contributed by atoms with Gasteiger partial charge in [-0.2, -0.15) is 5.10 Å². The van der Waals surface area contributed by atoms with Crippen LogP contribution in [0, 0.1) is 11.3 Å². The van der Waals surface area contributed by atoms with Gasteiger partial charge in [0.1, 0.15) is 11.3 Å². The van der Waals surface area contributed by atoms with E-state index < -0.39 is 12.9 Å². The van der Waals surface area contributed by atoms with Crippen LogP contribution in [0.4, 0.5) is 17.3 Å². The molecule has 3 heterocycles. The second-order valence-electron chi connectivity index (χ2n) is 9.26. The van der Waals surface area contributed by atoms with Crippen molar-refractivity contribution < 1.29 is 18.4 Å². The largest absolute Gasteiger partial charge is 0.491 e. The molecule has 1 aliphatic carbocycles. The van der Waals surface area contributed by atoms with E-state index in [1.807, 2.05) is 10.00 Å². The summed E-state index contributed by atoms with van der Waals surface area (Å²) in [6.45, 7) is 4.21. The first-order chi connectivity index (χ1) is 16.8. The van der Waals surface area contributed by atoms with Gasteiger partial charge in [-0.05, 0) is 18.3 Å². The van der Waals surface area contributed by atoms with E-state index in [2.05, 4.69) is 46.5 Å². The molecule has 0 atom stereocenters. The molecular weight excluding hydrogens is 422 g/mol. The summed E-state index contributed by atoms with van der Waals surface area (Å²) in [5.74, 6) is -0.156. The average Bonchev–Trinajstić information content (AvgIpc) is 3.54. The molecule has 1 fully saturated rings. The van der Waals surface area contributed by atoms with Crippen LogP contribution in [0.15, 0.2) is 24.7 Å². The minimum atomic E-state index is -2.69. The van der Waals surface area contributed by atoms with E-state index in [1.54, 1.807) is 12.4 Å². The second-order valence-corrected chi connectivity index (χ2v) is 9.26. The van der Waals surface area contributed by atoms with Gasteiger partial charge in [0.05, 0.1) is 24.6 Å². The number of nitrogens with zero attached hydrogens (tertiary/aromatic N) is 4. The molecule has 1 aliphatic rings. The summed E-state index contributed by atoms with van der Waals surface area (Å²) in [6.07, 6.45) is 6.18. The molecule has 3 aromatic rings. The molecule has 3 N–H and O–H groups in total. The van der Waals surface area contributed by atoms with Crippen LogP contribution >= 0.6 is 0 Å². The number of amides is 2. The van der Waals surface area contributed by atoms with Crippen molar-refractivity contribution in [2.24, 2.45) is 11.3 Å². The van der Waals surface area contributed by atoms with Crippen molar-refractivity contribution in [1.82, 2.24) is 25.1 Å². The number of aromatic nitrogens is 4. The molecule has 0 unspecified atom stereocenters. The molecule has 3 aromatic heterocycles. The summed E-state index contributed by atoms with van der Waals surface area (Å²) in [6, 6.07) is 1.46. The number of carbonyl (C=O) groups is 2. The predicted octanol–water partition coefficient (Wildman–Crippen LogP) is 3.33. The SMILES string of the molecule is [2H]C([2H])([2H])NC(=O)c1cnc(NC(=O)C2CC2)cc1Nc1ncc2cnn(CC(C)(C)C)c2c1OC. The third-order valence-electron chi connectivity index (χ3n) is 5.17. The summed E-state index contributed by atoms with van der Waals surface area (Å²) >= 11 is 0. The van der Waals surface area contributed by atoms with Gasteiger partial charge < -0.3 is 20.7 Å². The van der Waals surface area contributed by atoms with Crippen molar-refractivity contribution in [3.8, 4) is 5.75 Å². The van der Waals surface area contributed by atoms with Crippen molar-refractivity contribution in [2.45, 2.75) is 40.2 Å². The van der Waals surface area contributed by atoms with Gasteiger partial charge in [0.15, 0.2) is 11.6 Å². The fraction of sp³-hybridized carbons (Fsp3) is 0.435. The van der Waals surface area contributed by atoms with Gasteiger partial charge in [-0.1, -0.05) is 20.8 Å². The highest BCUT2D eigenvalue weighted by Crippen LogP contribution is 2.36. The van der Waals surface area contributed by atoms with Crippen LogP contribution in [0.5, 0.6) is 5.75 Å². The Kier molecular flexibility index (Phi) is 4.96. The number of carbonyl (C=O) groups excluding carboxylic acids is 2. The number of anilines is 3. The van der Waals surface area contributed by atoms with Crippen molar-refractivity contribution >= 4 is 40.0 Å². The van der Waals surface area contributed by atoms with Crippen LogP contribution in [0.1, 0.15) is 48.1 Å². The van der Waals surface area contributed by atoms with E-state index in [1.165, 1.54) is 19.4 Å². The molecule has 10 heteroatoms. The summed E-state index contributed by atoms with van der Waals surface area (Å²) in [5.41, 5.74) is 0.823. The predicted molar refractivity (Wildman–Crippen MR) is 126 cm³/mol. The fourth-order valence-corrected chi connectivity index (χ4v) is 3.48. The van der Waals surface area contributed by atoms with Crippen LogP contribution < -0.4 is 20.7 Å². The van der Waals surface area contributed by atoms with Crippen LogP contribution in [0.2, 0.25) is 0 Å². The Bertz CT molecular complexity index is 1310. The third-order valence-corrected chi connectivity index (χ3v) is 5.17. The zero-order valence-corrected chi connectivity index (χ0v) is 19.0. The highest BCUT2D eigenvalue weighted by atomic mass is 16.5. The highest BCUT2D eigenvalue weighted by molar-refractivity contribution is 6.02. The van der Waals surface area contributed by atoms with Gasteiger partial charge >= 0.3 is 0 Å². The Hall–Kier alpha value is -3.69. The van der Waals surface area contributed by atoms with E-state index in [-0.39, 0.29) is 40.1 Å². The Balaban J connectivity index is 1.75. The van der Waals surface area contributed by atoms with E-state index in [0.717, 1.165) is 23.7 Å². The number of rotatable bonds is 7. The smallest absolute Gasteiger partial charge is 0.254 e. The van der Waals surface area contributed by atoms with Gasteiger partial charge in [-0.3, -0.25) is 14.3 Å². The quantitative estimate of drug-likeness (QED) is 0.500. The zero-order valence-electron chi connectivity index (χ0n) is 22.0. The molecule has 2 amide bonds. The number of hydrogen-bond acceptors (Lipinski definition) is 7. The molecule has 0 saturated heterocycles. The Morgan fingerprint density at radius 2 is 2.03 bits per heavy atom. The molecule has 0 bridgehead atoms. The summed E-state index contributed by atoms with van der Waals surface area (Å²) in [7, 11) is 1.51. The first kappa shape index (κ1) is 18.8. The molecule has 0 spiro atoms. The van der Waals surface area contributed by atoms with Crippen molar-refractivity contribution in [1.29, 1.82) is 0 Å². The lowest BCUT2D eigenvalue weighted by molar-refractivity contribution is -0.117. The van der Waals surface area contributed by atoms with Crippen molar-refractivity contribution in [3.05, 3.63) is 30.2 Å². The maximum atomic E-state index is 12.8. The molecule has 10 nitrogen and oxygen atoms in total. The van der Waals surface area contributed by atoms with Crippen molar-refractivity contribution in [2.75, 3.05) is 24.7 Å². The number of nitrogens with one attached hydrogen (secondary N) is 3. The molecule has 0 aromatic carbocycles. The first-order valence-corrected chi connectivity index (χ1v) is 10.6. The fourth-order valence-electron chi connectivity index (χ4n) is 3.48. The number of fused-ring (bicyclic) bond motifs is 1. The van der Waals surface area contributed by atoms with Gasteiger partial charge in [0.25, 0.3) is 5.91 Å². The van der Waals surface area contributed by atoms with Gasteiger partial charge in [-0.25, -0.2) is 9.97 Å². The Morgan fingerprint density at radius 3 is 2.70 bits per heavy atom. The number of pyridine rings is 2. The first-order valence-electron chi connectivity index (χ1n) is 12.1. The van der Waals surface area contributed by atoms with Gasteiger partial charge in [0, 0.05) is 47.4 Å². The van der Waals surface area contributed by atoms with Crippen LogP contribution in [-0.4, -0.2) is 45.6 Å². The average molecular weight is 455 g/mol. The lowest BCUT2D eigenvalue weighted by atomic mass is 9.97. The molecular formula is C23H29N7O3. The molecule has 1 saturated carbocycles. The monoisotopic (exact) mass is 454 g/mol. The lowest BCUT2D eigenvalue weighted by Gasteiger charge is -2.20. The maximum absolute atomic E-state index is 12.8. The van der Waals surface area contributed by atoms with E-state index in [9.17, 15) is 9.59 Å². The third kappa shape index (κ3) is 4.89. The highest BCUT2D eigenvalue weighted by Gasteiger charge is 2.30. The number of hydrogen-bond donors (Lipinski definition) is 3. The van der Waals surface area contributed by atoms with Crippen molar-refractivity contribution in [3.63, 3.8) is 0 Å². The summed E-state index contributed by atoms with van der Waals surface area (Å²) in [5, 5.41) is 13.0. The van der Waals surface area contributed by atoms with E-state index >= 15 is 0 Å². The molecule has 0 radical (unpaired) electrons. The number of methoxy groups -OCH3 is 1. The topological polar surface area (TPSA) is 123 Å². The molecule has 33 heavy (non-hydrogen) atoms. The van der Waals surface area contributed by atoms with Crippen LogP contribution in [0.3, 0.4) is 0 Å². The summed E-state index contributed by atoms with van der Waals surface area (Å²) in [4.78, 5) is 33.6. The maximum Gasteiger partial charge on any atom is 0.254 e.